The van der Waals surface area contributed by atoms with Gasteiger partial charge in [-0.25, -0.2) is 14.2 Å². The van der Waals surface area contributed by atoms with E-state index >= 15 is 0 Å². The second kappa shape index (κ2) is 8.60. The van der Waals surface area contributed by atoms with Crippen LogP contribution < -0.4 is 10.6 Å². The number of carbonyl (C=O) groups is 2. The number of nitriles is 1. The number of primary amides is 1. The van der Waals surface area contributed by atoms with E-state index in [1.807, 2.05) is 25.7 Å². The molecule has 0 aliphatic carbocycles. The molecule has 1 aromatic carbocycles. The van der Waals surface area contributed by atoms with Crippen LogP contribution in [0.2, 0.25) is 0 Å². The van der Waals surface area contributed by atoms with Crippen molar-refractivity contribution < 1.29 is 18.7 Å². The van der Waals surface area contributed by atoms with Gasteiger partial charge in [0.05, 0.1) is 16.8 Å². The summed E-state index contributed by atoms with van der Waals surface area (Å²) in [6.45, 7) is 7.07. The van der Waals surface area contributed by atoms with Gasteiger partial charge >= 0.3 is 6.09 Å². The third-order valence-electron chi connectivity index (χ3n) is 4.76. The molecule has 0 radical (unpaired) electrons. The fraction of sp³-hybridized carbons (Fsp3) is 0.364. The number of halogens is 1. The van der Waals surface area contributed by atoms with E-state index in [4.69, 9.17) is 15.7 Å². The Morgan fingerprint density at radius 2 is 1.84 bits per heavy atom. The molecule has 3 rings (SSSR count). The van der Waals surface area contributed by atoms with Gasteiger partial charge in [0.15, 0.2) is 0 Å². The molecule has 8 nitrogen and oxygen atoms in total. The molecule has 1 saturated heterocycles. The summed E-state index contributed by atoms with van der Waals surface area (Å²) in [7, 11) is 0. The third kappa shape index (κ3) is 5.09. The Morgan fingerprint density at radius 1 is 1.16 bits per heavy atom. The van der Waals surface area contributed by atoms with Gasteiger partial charge in [0.25, 0.3) is 5.91 Å². The highest BCUT2D eigenvalue weighted by atomic mass is 19.1. The summed E-state index contributed by atoms with van der Waals surface area (Å²) in [5.41, 5.74) is 6.04. The number of anilines is 1. The van der Waals surface area contributed by atoms with E-state index in [9.17, 15) is 14.0 Å². The first-order chi connectivity index (χ1) is 14.6. The van der Waals surface area contributed by atoms with Crippen molar-refractivity contribution >= 4 is 17.8 Å². The SMILES string of the molecule is CC(C)(C)OC(=O)N1CCN(c2nc(-c3ccc(C#N)c(F)c3)ccc2C(N)=O)CC1. The van der Waals surface area contributed by atoms with E-state index in [2.05, 4.69) is 4.98 Å². The predicted octanol–water partition coefficient (Wildman–Crippen LogP) is 2.92. The number of pyridine rings is 1. The van der Waals surface area contributed by atoms with Crippen LogP contribution in [-0.4, -0.2) is 53.7 Å². The second-order valence-corrected chi connectivity index (χ2v) is 8.19. The van der Waals surface area contributed by atoms with Crippen LogP contribution in [0.15, 0.2) is 30.3 Å². The molecule has 0 saturated carbocycles. The van der Waals surface area contributed by atoms with Crippen molar-refractivity contribution in [2.24, 2.45) is 5.73 Å². The van der Waals surface area contributed by atoms with Crippen LogP contribution in [0.3, 0.4) is 0 Å². The first kappa shape index (κ1) is 22.0. The molecule has 2 heterocycles. The normalized spacial score (nSPS) is 14.2. The number of carbonyl (C=O) groups excluding carboxylic acids is 2. The zero-order valence-electron chi connectivity index (χ0n) is 17.7. The summed E-state index contributed by atoms with van der Waals surface area (Å²) in [6, 6.07) is 9.13. The van der Waals surface area contributed by atoms with Crippen LogP contribution in [0.25, 0.3) is 11.3 Å². The van der Waals surface area contributed by atoms with Gasteiger partial charge in [0.2, 0.25) is 0 Å². The van der Waals surface area contributed by atoms with Crippen LogP contribution >= 0.6 is 0 Å². The lowest BCUT2D eigenvalue weighted by atomic mass is 10.1. The second-order valence-electron chi connectivity index (χ2n) is 8.19. The highest BCUT2D eigenvalue weighted by molar-refractivity contribution is 5.98. The summed E-state index contributed by atoms with van der Waals surface area (Å²) in [5, 5.41) is 8.91. The molecule has 0 unspecified atom stereocenters. The standard InChI is InChI=1S/C22H24FN5O3/c1-22(2,3)31-21(30)28-10-8-27(9-11-28)20-16(19(25)29)6-7-18(26-20)14-4-5-15(13-24)17(23)12-14/h4-7,12H,8-11H2,1-3H3,(H2,25,29). The fourth-order valence-corrected chi connectivity index (χ4v) is 3.23. The van der Waals surface area contributed by atoms with Crippen molar-refractivity contribution in [1.82, 2.24) is 9.88 Å². The Balaban J connectivity index is 1.85. The summed E-state index contributed by atoms with van der Waals surface area (Å²) < 4.78 is 19.5. The lowest BCUT2D eigenvalue weighted by molar-refractivity contribution is 0.0240. The Bertz CT molecular complexity index is 1050. The average molecular weight is 425 g/mol. The Kier molecular flexibility index (Phi) is 6.11. The van der Waals surface area contributed by atoms with Crippen molar-refractivity contribution in [3.05, 3.63) is 47.3 Å². The summed E-state index contributed by atoms with van der Waals surface area (Å²) >= 11 is 0. The number of aromatic nitrogens is 1. The number of piperazine rings is 1. The molecule has 2 N–H and O–H groups in total. The van der Waals surface area contributed by atoms with Crippen LogP contribution in [0.1, 0.15) is 36.7 Å². The molecule has 1 aromatic heterocycles. The van der Waals surface area contributed by atoms with Gasteiger partial charge in [0, 0.05) is 31.7 Å². The molecular formula is C22H24FN5O3. The average Bonchev–Trinajstić information content (AvgIpc) is 2.72. The number of rotatable bonds is 3. The maximum atomic E-state index is 14.1. The van der Waals surface area contributed by atoms with Crippen LogP contribution in [0, 0.1) is 17.1 Å². The predicted molar refractivity (Wildman–Crippen MR) is 113 cm³/mol. The number of benzene rings is 1. The lowest BCUT2D eigenvalue weighted by Crippen LogP contribution is -2.50. The van der Waals surface area contributed by atoms with Gasteiger partial charge < -0.3 is 20.3 Å². The molecular weight excluding hydrogens is 401 g/mol. The first-order valence-corrected chi connectivity index (χ1v) is 9.83. The minimum Gasteiger partial charge on any atom is -0.444 e. The number of hydrogen-bond donors (Lipinski definition) is 1. The quantitative estimate of drug-likeness (QED) is 0.809. The van der Waals surface area contributed by atoms with E-state index in [-0.39, 0.29) is 11.1 Å². The number of nitrogens with two attached hydrogens (primary N) is 1. The minimum atomic E-state index is -0.645. The molecule has 0 bridgehead atoms. The van der Waals surface area contributed by atoms with Gasteiger partial charge in [-0.05, 0) is 45.0 Å². The minimum absolute atomic E-state index is 0.0593. The molecule has 162 valence electrons. The van der Waals surface area contributed by atoms with Crippen LogP contribution in [-0.2, 0) is 4.74 Å². The molecule has 2 aromatic rings. The fourth-order valence-electron chi connectivity index (χ4n) is 3.23. The van der Waals surface area contributed by atoms with Gasteiger partial charge in [-0.1, -0.05) is 6.07 Å². The van der Waals surface area contributed by atoms with E-state index < -0.39 is 23.4 Å². The van der Waals surface area contributed by atoms with Crippen molar-refractivity contribution in [2.45, 2.75) is 26.4 Å². The molecule has 0 atom stereocenters. The summed E-state index contributed by atoms with van der Waals surface area (Å²) in [4.78, 5) is 32.3. The molecule has 0 spiro atoms. The van der Waals surface area contributed by atoms with E-state index in [0.29, 0.717) is 43.3 Å². The van der Waals surface area contributed by atoms with E-state index in [1.165, 1.54) is 12.1 Å². The Morgan fingerprint density at radius 3 is 2.39 bits per heavy atom. The van der Waals surface area contributed by atoms with Crippen molar-refractivity contribution in [2.75, 3.05) is 31.1 Å². The molecule has 2 amide bonds. The maximum Gasteiger partial charge on any atom is 0.410 e. The zero-order valence-corrected chi connectivity index (χ0v) is 17.7. The number of hydrogen-bond acceptors (Lipinski definition) is 6. The highest BCUT2D eigenvalue weighted by Crippen LogP contribution is 2.27. The summed E-state index contributed by atoms with van der Waals surface area (Å²) in [6.07, 6.45) is -0.392. The molecule has 1 fully saturated rings. The van der Waals surface area contributed by atoms with Gasteiger partial charge in [-0.15, -0.1) is 0 Å². The Labute approximate surface area is 180 Å². The lowest BCUT2D eigenvalue weighted by Gasteiger charge is -2.36. The maximum absolute atomic E-state index is 14.1. The van der Waals surface area contributed by atoms with E-state index in [1.54, 1.807) is 29.2 Å². The molecule has 31 heavy (non-hydrogen) atoms. The van der Waals surface area contributed by atoms with Crippen molar-refractivity contribution in [3.8, 4) is 17.3 Å². The van der Waals surface area contributed by atoms with Crippen LogP contribution in [0.5, 0.6) is 0 Å². The van der Waals surface area contributed by atoms with Gasteiger partial charge in [0.1, 0.15) is 23.3 Å². The summed E-state index contributed by atoms with van der Waals surface area (Å²) in [5.74, 6) is -0.901. The van der Waals surface area contributed by atoms with E-state index in [0.717, 1.165) is 0 Å². The molecule has 1 aliphatic heterocycles. The van der Waals surface area contributed by atoms with Gasteiger partial charge in [-0.3, -0.25) is 4.79 Å². The monoisotopic (exact) mass is 425 g/mol. The third-order valence-corrected chi connectivity index (χ3v) is 4.76. The van der Waals surface area contributed by atoms with Crippen molar-refractivity contribution in [3.63, 3.8) is 0 Å². The van der Waals surface area contributed by atoms with Gasteiger partial charge in [-0.2, -0.15) is 5.26 Å². The topological polar surface area (TPSA) is 113 Å². The van der Waals surface area contributed by atoms with Crippen molar-refractivity contribution in [1.29, 1.82) is 5.26 Å². The smallest absolute Gasteiger partial charge is 0.410 e. The number of ether oxygens (including phenoxy) is 1. The highest BCUT2D eigenvalue weighted by Gasteiger charge is 2.28. The zero-order chi connectivity index (χ0) is 22.8. The number of nitrogens with zero attached hydrogens (tertiary/aromatic N) is 4. The Hall–Kier alpha value is -3.67. The molecule has 1 aliphatic rings. The molecule has 9 heteroatoms. The first-order valence-electron chi connectivity index (χ1n) is 9.83. The van der Waals surface area contributed by atoms with Crippen LogP contribution in [0.4, 0.5) is 15.0 Å². The number of amides is 2. The largest absolute Gasteiger partial charge is 0.444 e.